The second-order valence-electron chi connectivity index (χ2n) is 4.78. The van der Waals surface area contributed by atoms with Crippen LogP contribution in [0.2, 0.25) is 0 Å². The molecule has 1 N–H and O–H groups in total. The van der Waals surface area contributed by atoms with E-state index >= 15 is 0 Å². The standard InChI is InChI=1S/C15H15NO5S2/c1-10-3-5-11(6-4-10)23(19,20)9-13(17)16-14-12(7-8-22-14)15(18)21-2/h3-8H,9H2,1-2H3,(H,16,17). The molecule has 122 valence electrons. The van der Waals surface area contributed by atoms with E-state index in [1.165, 1.54) is 25.3 Å². The summed E-state index contributed by atoms with van der Waals surface area (Å²) < 4.78 is 29.0. The van der Waals surface area contributed by atoms with Crippen molar-refractivity contribution >= 4 is 38.1 Å². The molecule has 0 fully saturated rings. The number of methoxy groups -OCH3 is 1. The van der Waals surface area contributed by atoms with E-state index in [0.29, 0.717) is 0 Å². The fourth-order valence-electron chi connectivity index (χ4n) is 1.84. The molecule has 1 amide bonds. The van der Waals surface area contributed by atoms with Crippen LogP contribution in [0.4, 0.5) is 5.00 Å². The third-order valence-electron chi connectivity index (χ3n) is 3.02. The van der Waals surface area contributed by atoms with Gasteiger partial charge in [0.05, 0.1) is 17.6 Å². The van der Waals surface area contributed by atoms with Crippen LogP contribution >= 0.6 is 11.3 Å². The van der Waals surface area contributed by atoms with Crippen molar-refractivity contribution < 1.29 is 22.7 Å². The Hall–Kier alpha value is -2.19. The predicted molar refractivity (Wildman–Crippen MR) is 87.5 cm³/mol. The molecule has 0 saturated carbocycles. The zero-order valence-corrected chi connectivity index (χ0v) is 14.2. The van der Waals surface area contributed by atoms with Crippen LogP contribution in [0.3, 0.4) is 0 Å². The molecule has 1 aromatic heterocycles. The van der Waals surface area contributed by atoms with Gasteiger partial charge in [-0.15, -0.1) is 11.3 Å². The van der Waals surface area contributed by atoms with Crippen molar-refractivity contribution in [3.63, 3.8) is 0 Å². The molecule has 0 aliphatic carbocycles. The summed E-state index contributed by atoms with van der Waals surface area (Å²) in [5, 5.41) is 4.31. The van der Waals surface area contributed by atoms with Gasteiger partial charge in [0.25, 0.3) is 0 Å². The van der Waals surface area contributed by atoms with Gasteiger partial charge >= 0.3 is 5.97 Å². The molecule has 0 spiro atoms. The first-order valence-corrected chi connectivity index (χ1v) is 9.12. The molecular formula is C15H15NO5S2. The van der Waals surface area contributed by atoms with E-state index in [2.05, 4.69) is 10.1 Å². The first-order chi connectivity index (χ1) is 10.8. The molecule has 2 rings (SSSR count). The summed E-state index contributed by atoms with van der Waals surface area (Å²) in [6.07, 6.45) is 0. The normalized spacial score (nSPS) is 11.0. The summed E-state index contributed by atoms with van der Waals surface area (Å²) in [4.78, 5) is 23.6. The lowest BCUT2D eigenvalue weighted by atomic mass is 10.2. The van der Waals surface area contributed by atoms with Crippen molar-refractivity contribution in [3.8, 4) is 0 Å². The lowest BCUT2D eigenvalue weighted by molar-refractivity contribution is -0.113. The summed E-state index contributed by atoms with van der Waals surface area (Å²) in [6, 6.07) is 7.76. The van der Waals surface area contributed by atoms with Gasteiger partial charge in [-0.3, -0.25) is 4.79 Å². The molecule has 1 aromatic carbocycles. The molecule has 0 atom stereocenters. The van der Waals surface area contributed by atoms with Crippen LogP contribution in [0.25, 0.3) is 0 Å². The summed E-state index contributed by atoms with van der Waals surface area (Å²) in [7, 11) is -2.51. The first-order valence-electron chi connectivity index (χ1n) is 6.58. The zero-order chi connectivity index (χ0) is 17.0. The third kappa shape index (κ3) is 4.17. The lowest BCUT2D eigenvalue weighted by Crippen LogP contribution is -2.23. The maximum absolute atomic E-state index is 12.2. The van der Waals surface area contributed by atoms with Gasteiger partial charge in [0, 0.05) is 0 Å². The number of anilines is 1. The molecule has 0 radical (unpaired) electrons. The fourth-order valence-corrected chi connectivity index (χ4v) is 3.77. The van der Waals surface area contributed by atoms with Crippen molar-refractivity contribution in [2.75, 3.05) is 18.2 Å². The molecule has 0 aliphatic rings. The van der Waals surface area contributed by atoms with Gasteiger partial charge in [-0.1, -0.05) is 17.7 Å². The summed E-state index contributed by atoms with van der Waals surface area (Å²) in [5.74, 6) is -2.00. The largest absolute Gasteiger partial charge is 0.465 e. The Bertz CT molecular complexity index is 822. The van der Waals surface area contributed by atoms with Gasteiger partial charge in [-0.2, -0.15) is 0 Å². The van der Waals surface area contributed by atoms with Crippen LogP contribution in [-0.4, -0.2) is 33.2 Å². The van der Waals surface area contributed by atoms with Gasteiger partial charge < -0.3 is 10.1 Å². The molecular weight excluding hydrogens is 338 g/mol. The second-order valence-corrected chi connectivity index (χ2v) is 7.68. The van der Waals surface area contributed by atoms with Crippen molar-refractivity contribution in [2.24, 2.45) is 0 Å². The lowest BCUT2D eigenvalue weighted by Gasteiger charge is -2.07. The van der Waals surface area contributed by atoms with E-state index in [1.807, 2.05) is 6.92 Å². The number of nitrogens with one attached hydrogen (secondary N) is 1. The zero-order valence-electron chi connectivity index (χ0n) is 12.5. The number of hydrogen-bond donors (Lipinski definition) is 1. The van der Waals surface area contributed by atoms with Crippen LogP contribution in [0.1, 0.15) is 15.9 Å². The topological polar surface area (TPSA) is 89.5 Å². The monoisotopic (exact) mass is 353 g/mol. The molecule has 1 heterocycles. The van der Waals surface area contributed by atoms with Crippen molar-refractivity contribution in [3.05, 3.63) is 46.8 Å². The van der Waals surface area contributed by atoms with Gasteiger partial charge in [0.15, 0.2) is 9.84 Å². The number of aryl methyl sites for hydroxylation is 1. The van der Waals surface area contributed by atoms with Gasteiger partial charge in [-0.25, -0.2) is 13.2 Å². The van der Waals surface area contributed by atoms with Crippen molar-refractivity contribution in [2.45, 2.75) is 11.8 Å². The van der Waals surface area contributed by atoms with Crippen LogP contribution in [0, 0.1) is 6.92 Å². The van der Waals surface area contributed by atoms with Crippen LogP contribution in [0.15, 0.2) is 40.6 Å². The minimum Gasteiger partial charge on any atom is -0.465 e. The summed E-state index contributed by atoms with van der Waals surface area (Å²) in [5.41, 5.74) is 1.12. The molecule has 8 heteroatoms. The quantitative estimate of drug-likeness (QED) is 0.833. The minimum atomic E-state index is -3.74. The van der Waals surface area contributed by atoms with Gasteiger partial charge in [-0.05, 0) is 30.5 Å². The Labute approximate surface area is 138 Å². The van der Waals surface area contributed by atoms with Crippen LogP contribution in [0.5, 0.6) is 0 Å². The third-order valence-corrected chi connectivity index (χ3v) is 5.49. The smallest absolute Gasteiger partial charge is 0.340 e. The highest BCUT2D eigenvalue weighted by Crippen LogP contribution is 2.24. The number of ether oxygens (including phenoxy) is 1. The van der Waals surface area contributed by atoms with Crippen LogP contribution < -0.4 is 5.32 Å². The fraction of sp³-hybridized carbons (Fsp3) is 0.200. The number of rotatable bonds is 5. The van der Waals surface area contributed by atoms with E-state index in [-0.39, 0.29) is 15.5 Å². The van der Waals surface area contributed by atoms with E-state index in [1.54, 1.807) is 17.5 Å². The highest BCUT2D eigenvalue weighted by atomic mass is 32.2. The van der Waals surface area contributed by atoms with Gasteiger partial charge in [0.1, 0.15) is 10.8 Å². The number of esters is 1. The number of carbonyl (C=O) groups excluding carboxylic acids is 2. The Balaban J connectivity index is 2.12. The second kappa shape index (κ2) is 6.93. The molecule has 0 aliphatic heterocycles. The van der Waals surface area contributed by atoms with Crippen molar-refractivity contribution in [1.82, 2.24) is 0 Å². The summed E-state index contributed by atoms with van der Waals surface area (Å²) in [6.45, 7) is 1.84. The number of benzene rings is 1. The van der Waals surface area contributed by atoms with Crippen LogP contribution in [-0.2, 0) is 19.4 Å². The molecule has 0 unspecified atom stereocenters. The molecule has 2 aromatic rings. The summed E-state index contributed by atoms with van der Waals surface area (Å²) >= 11 is 1.12. The average Bonchev–Trinajstić information content (AvgIpc) is 2.94. The SMILES string of the molecule is COC(=O)c1ccsc1NC(=O)CS(=O)(=O)c1ccc(C)cc1. The maximum atomic E-state index is 12.2. The Morgan fingerprint density at radius 1 is 1.17 bits per heavy atom. The number of amides is 1. The van der Waals surface area contributed by atoms with E-state index < -0.39 is 27.5 Å². The van der Waals surface area contributed by atoms with E-state index in [9.17, 15) is 18.0 Å². The Kier molecular flexibility index (Phi) is 5.17. The number of hydrogen-bond acceptors (Lipinski definition) is 6. The number of carbonyl (C=O) groups is 2. The Morgan fingerprint density at radius 3 is 2.43 bits per heavy atom. The first kappa shape index (κ1) is 17.2. The minimum absolute atomic E-state index is 0.0811. The molecule has 6 nitrogen and oxygen atoms in total. The maximum Gasteiger partial charge on any atom is 0.340 e. The average molecular weight is 353 g/mol. The number of thiophene rings is 1. The van der Waals surface area contributed by atoms with E-state index in [0.717, 1.165) is 16.9 Å². The molecule has 23 heavy (non-hydrogen) atoms. The highest BCUT2D eigenvalue weighted by Gasteiger charge is 2.21. The highest BCUT2D eigenvalue weighted by molar-refractivity contribution is 7.92. The Morgan fingerprint density at radius 2 is 1.83 bits per heavy atom. The van der Waals surface area contributed by atoms with Crippen molar-refractivity contribution in [1.29, 1.82) is 0 Å². The van der Waals surface area contributed by atoms with Gasteiger partial charge in [0.2, 0.25) is 5.91 Å². The molecule has 0 saturated heterocycles. The number of sulfone groups is 1. The predicted octanol–water partition coefficient (Wildman–Crippen LogP) is 2.26. The molecule has 0 bridgehead atoms. The van der Waals surface area contributed by atoms with E-state index in [4.69, 9.17) is 0 Å².